The normalized spacial score (nSPS) is 12.7. The van der Waals surface area contributed by atoms with Crippen molar-refractivity contribution in [2.45, 2.75) is 5.41 Å². The molecule has 268 valence electrons. The van der Waals surface area contributed by atoms with E-state index in [1.807, 2.05) is 0 Å². The van der Waals surface area contributed by atoms with E-state index in [1.165, 1.54) is 44.5 Å². The molecule has 2 heteroatoms. The first-order valence-corrected chi connectivity index (χ1v) is 19.6. The minimum Gasteiger partial charge on any atom is -0.456 e. The van der Waals surface area contributed by atoms with E-state index in [0.29, 0.717) is 0 Å². The third-order valence-electron chi connectivity index (χ3n) is 11.8. The Hall–Kier alpha value is -7.42. The summed E-state index contributed by atoms with van der Waals surface area (Å²) in [6, 6.07) is 81.0. The van der Waals surface area contributed by atoms with Crippen LogP contribution in [0.5, 0.6) is 0 Å². The van der Waals surface area contributed by atoms with Crippen LogP contribution in [0.15, 0.2) is 229 Å². The van der Waals surface area contributed by atoms with Crippen molar-refractivity contribution in [1.29, 1.82) is 0 Å². The summed E-state index contributed by atoms with van der Waals surface area (Å²) in [5.74, 6) is 0. The summed E-state index contributed by atoms with van der Waals surface area (Å²) < 4.78 is 6.72. The second-order valence-electron chi connectivity index (χ2n) is 14.8. The van der Waals surface area contributed by atoms with E-state index in [2.05, 4.69) is 229 Å². The van der Waals surface area contributed by atoms with Gasteiger partial charge in [-0.15, -0.1) is 0 Å². The van der Waals surface area contributed by atoms with E-state index >= 15 is 0 Å². The topological polar surface area (TPSA) is 16.4 Å². The van der Waals surface area contributed by atoms with Gasteiger partial charge in [0.25, 0.3) is 0 Å². The van der Waals surface area contributed by atoms with Crippen LogP contribution in [-0.4, -0.2) is 0 Å². The molecule has 10 aromatic rings. The molecular formula is C55H37NO. The van der Waals surface area contributed by atoms with E-state index < -0.39 is 5.41 Å². The van der Waals surface area contributed by atoms with Gasteiger partial charge in [0.2, 0.25) is 0 Å². The van der Waals surface area contributed by atoms with Crippen LogP contribution in [0.3, 0.4) is 0 Å². The van der Waals surface area contributed by atoms with Crippen LogP contribution in [-0.2, 0) is 5.41 Å². The van der Waals surface area contributed by atoms with Crippen molar-refractivity contribution in [3.05, 3.63) is 247 Å². The second kappa shape index (κ2) is 13.4. The Labute approximate surface area is 332 Å². The van der Waals surface area contributed by atoms with Gasteiger partial charge in [-0.1, -0.05) is 176 Å². The molecule has 2 nitrogen and oxygen atoms in total. The molecule has 0 atom stereocenters. The number of furan rings is 1. The smallest absolute Gasteiger partial charge is 0.136 e. The van der Waals surface area contributed by atoms with Gasteiger partial charge >= 0.3 is 0 Å². The van der Waals surface area contributed by atoms with E-state index in [1.54, 1.807) is 0 Å². The zero-order chi connectivity index (χ0) is 37.8. The fraction of sp³-hybridized carbons (Fsp3) is 0.0182. The molecule has 0 amide bonds. The summed E-state index contributed by atoms with van der Waals surface area (Å²) in [4.78, 5) is 2.37. The van der Waals surface area contributed by atoms with Crippen molar-refractivity contribution in [2.24, 2.45) is 0 Å². The average molecular weight is 728 g/mol. The van der Waals surface area contributed by atoms with Crippen molar-refractivity contribution in [1.82, 2.24) is 0 Å². The minimum absolute atomic E-state index is 0.505. The number of rotatable bonds is 7. The van der Waals surface area contributed by atoms with Gasteiger partial charge in [0, 0.05) is 27.7 Å². The largest absolute Gasteiger partial charge is 0.456 e. The van der Waals surface area contributed by atoms with Gasteiger partial charge in [-0.2, -0.15) is 0 Å². The average Bonchev–Trinajstić information content (AvgIpc) is 3.82. The molecule has 9 aromatic carbocycles. The minimum atomic E-state index is -0.505. The molecule has 0 aliphatic heterocycles. The van der Waals surface area contributed by atoms with E-state index in [4.69, 9.17) is 4.42 Å². The second-order valence-corrected chi connectivity index (χ2v) is 14.8. The fourth-order valence-corrected chi connectivity index (χ4v) is 9.33. The van der Waals surface area contributed by atoms with Crippen LogP contribution in [0.2, 0.25) is 0 Å². The lowest BCUT2D eigenvalue weighted by Gasteiger charge is -2.33. The summed E-state index contributed by atoms with van der Waals surface area (Å²) in [6.07, 6.45) is 0. The third-order valence-corrected chi connectivity index (χ3v) is 11.8. The maximum atomic E-state index is 6.72. The molecule has 0 saturated carbocycles. The van der Waals surface area contributed by atoms with Crippen LogP contribution in [0.4, 0.5) is 17.1 Å². The van der Waals surface area contributed by atoms with Crippen molar-refractivity contribution < 1.29 is 4.42 Å². The number of fused-ring (bicyclic) bond motifs is 6. The maximum absolute atomic E-state index is 6.72. The zero-order valence-electron chi connectivity index (χ0n) is 31.2. The summed E-state index contributed by atoms with van der Waals surface area (Å²) in [6.45, 7) is 0. The predicted molar refractivity (Wildman–Crippen MR) is 237 cm³/mol. The molecular weight excluding hydrogens is 691 g/mol. The molecule has 1 heterocycles. The molecule has 11 rings (SSSR count). The van der Waals surface area contributed by atoms with Crippen molar-refractivity contribution in [3.63, 3.8) is 0 Å². The van der Waals surface area contributed by atoms with Crippen molar-refractivity contribution in [2.75, 3.05) is 4.90 Å². The molecule has 0 bridgehead atoms. The van der Waals surface area contributed by atoms with Crippen LogP contribution in [0.25, 0.3) is 55.3 Å². The summed E-state index contributed by atoms with van der Waals surface area (Å²) >= 11 is 0. The number of nitrogens with zero attached hydrogens (tertiary/aromatic N) is 1. The van der Waals surface area contributed by atoms with Gasteiger partial charge in [0.1, 0.15) is 11.2 Å². The first-order chi connectivity index (χ1) is 28.3. The van der Waals surface area contributed by atoms with Crippen molar-refractivity contribution >= 4 is 39.0 Å². The zero-order valence-corrected chi connectivity index (χ0v) is 31.2. The lowest BCUT2D eigenvalue weighted by molar-refractivity contribution is 0.668. The number of benzene rings is 9. The molecule has 0 saturated heterocycles. The number of hydrogen-bond donors (Lipinski definition) is 0. The number of hydrogen-bond acceptors (Lipinski definition) is 2. The van der Waals surface area contributed by atoms with Gasteiger partial charge in [0.05, 0.1) is 11.1 Å². The lowest BCUT2D eigenvalue weighted by Crippen LogP contribution is -2.28. The molecule has 0 radical (unpaired) electrons. The lowest BCUT2D eigenvalue weighted by atomic mass is 9.67. The highest BCUT2D eigenvalue weighted by Gasteiger charge is 2.46. The fourth-order valence-electron chi connectivity index (χ4n) is 9.33. The molecule has 0 unspecified atom stereocenters. The Morgan fingerprint density at radius 1 is 0.351 bits per heavy atom. The SMILES string of the molecule is c1ccc(-c2ccc(N(c3ccccc3)c3ccccc3-c3cccc4oc5ccc(C6(c7ccccc7)c7ccccc7-c7ccccc76)cc5c34)cc2)cc1. The third kappa shape index (κ3) is 5.18. The Morgan fingerprint density at radius 3 is 1.60 bits per heavy atom. The quantitative estimate of drug-likeness (QED) is 0.163. The summed E-state index contributed by atoms with van der Waals surface area (Å²) in [5, 5.41) is 2.21. The maximum Gasteiger partial charge on any atom is 0.136 e. The van der Waals surface area contributed by atoms with Gasteiger partial charge < -0.3 is 9.32 Å². The Bertz CT molecular complexity index is 3010. The Balaban J connectivity index is 1.13. The molecule has 57 heavy (non-hydrogen) atoms. The van der Waals surface area contributed by atoms with E-state index in [-0.39, 0.29) is 0 Å². The van der Waals surface area contributed by atoms with Gasteiger partial charge in [-0.3, -0.25) is 0 Å². The molecule has 1 aromatic heterocycles. The van der Waals surface area contributed by atoms with Crippen LogP contribution in [0.1, 0.15) is 22.3 Å². The van der Waals surface area contributed by atoms with Gasteiger partial charge in [-0.25, -0.2) is 0 Å². The van der Waals surface area contributed by atoms with Crippen molar-refractivity contribution in [3.8, 4) is 33.4 Å². The highest BCUT2D eigenvalue weighted by atomic mass is 16.3. The Morgan fingerprint density at radius 2 is 0.895 bits per heavy atom. The van der Waals surface area contributed by atoms with E-state index in [9.17, 15) is 0 Å². The number of anilines is 3. The number of para-hydroxylation sites is 2. The molecule has 1 aliphatic rings. The molecule has 0 spiro atoms. The van der Waals surface area contributed by atoms with Crippen LogP contribution >= 0.6 is 0 Å². The Kier molecular flexibility index (Phi) is 7.75. The standard InChI is InChI=1S/C55H37NO/c1-4-17-38(18-5-1)39-31-34-43(35-32-39)56(42-21-8-3-9-22-42)51-29-15-12-25-46(51)47-26-16-30-53-54(47)48-37-41(33-36-52(48)57-53)55(40-19-6-2-7-20-40)49-27-13-10-23-44(49)45-24-11-14-28-50(45)55/h1-37H. The highest BCUT2D eigenvalue weighted by molar-refractivity contribution is 6.14. The molecule has 1 aliphatic carbocycles. The van der Waals surface area contributed by atoms with Gasteiger partial charge in [0.15, 0.2) is 0 Å². The first-order valence-electron chi connectivity index (χ1n) is 19.6. The summed E-state index contributed by atoms with van der Waals surface area (Å²) in [7, 11) is 0. The van der Waals surface area contributed by atoms with Gasteiger partial charge in [-0.05, 0) is 98.6 Å². The monoisotopic (exact) mass is 727 g/mol. The van der Waals surface area contributed by atoms with Crippen LogP contribution in [0, 0.1) is 0 Å². The highest BCUT2D eigenvalue weighted by Crippen LogP contribution is 2.56. The first kappa shape index (κ1) is 33.0. The summed E-state index contributed by atoms with van der Waals surface area (Å²) in [5.41, 5.74) is 16.8. The van der Waals surface area contributed by atoms with Crippen LogP contribution < -0.4 is 4.90 Å². The van der Waals surface area contributed by atoms with E-state index in [0.717, 1.165) is 50.1 Å². The molecule has 0 fully saturated rings. The molecule has 0 N–H and O–H groups in total. The predicted octanol–water partition coefficient (Wildman–Crippen LogP) is 14.8.